The van der Waals surface area contributed by atoms with E-state index in [1.807, 2.05) is 79.1 Å². The third-order valence-electron chi connectivity index (χ3n) is 4.48. The monoisotopic (exact) mass is 326 g/mol. The topological polar surface area (TPSA) is 34.9 Å². The molecule has 0 fully saturated rings. The van der Waals surface area contributed by atoms with Crippen LogP contribution in [0.15, 0.2) is 91.3 Å². The fourth-order valence-electron chi connectivity index (χ4n) is 3.20. The maximum absolute atomic E-state index is 12.8. The molecule has 3 nitrogen and oxygen atoms in total. The molecule has 0 aliphatic heterocycles. The van der Waals surface area contributed by atoms with Gasteiger partial charge in [0.25, 0.3) is 0 Å². The Morgan fingerprint density at radius 3 is 2.24 bits per heavy atom. The number of ketones is 1. The summed E-state index contributed by atoms with van der Waals surface area (Å²) in [6.45, 7) is 0. The molecule has 3 aromatic carbocycles. The Labute approximate surface area is 146 Å². The summed E-state index contributed by atoms with van der Waals surface area (Å²) >= 11 is 0. The van der Waals surface area contributed by atoms with Crippen LogP contribution in [-0.2, 0) is 0 Å². The van der Waals surface area contributed by atoms with Crippen molar-refractivity contribution in [1.29, 1.82) is 0 Å². The van der Waals surface area contributed by atoms with Gasteiger partial charge in [-0.1, -0.05) is 72.8 Å². The largest absolute Gasteiger partial charge is 0.322 e. The Hall–Kier alpha value is -3.20. The number of para-hydroxylation sites is 2. The number of benzene rings is 3. The number of aromatic nitrogens is 2. The quantitative estimate of drug-likeness (QED) is 0.489. The van der Waals surface area contributed by atoms with Gasteiger partial charge < -0.3 is 4.57 Å². The van der Waals surface area contributed by atoms with Gasteiger partial charge in [0.05, 0.1) is 23.4 Å². The van der Waals surface area contributed by atoms with E-state index in [0.717, 1.165) is 22.2 Å². The normalized spacial score (nSPS) is 12.2. The molecule has 0 aliphatic rings. The van der Waals surface area contributed by atoms with Crippen molar-refractivity contribution in [2.45, 2.75) is 12.5 Å². The van der Waals surface area contributed by atoms with Crippen LogP contribution in [0.25, 0.3) is 11.0 Å². The van der Waals surface area contributed by atoms with Gasteiger partial charge in [-0.15, -0.1) is 0 Å². The smallest absolute Gasteiger partial charge is 0.165 e. The van der Waals surface area contributed by atoms with E-state index in [4.69, 9.17) is 0 Å². The summed E-state index contributed by atoms with van der Waals surface area (Å²) in [4.78, 5) is 17.3. The minimum Gasteiger partial charge on any atom is -0.322 e. The molecule has 1 aromatic heterocycles. The Morgan fingerprint density at radius 1 is 0.840 bits per heavy atom. The molecule has 0 N–H and O–H groups in total. The van der Waals surface area contributed by atoms with Crippen LogP contribution in [-0.4, -0.2) is 15.3 Å². The van der Waals surface area contributed by atoms with E-state index in [9.17, 15) is 4.79 Å². The molecule has 0 saturated carbocycles. The van der Waals surface area contributed by atoms with Crippen molar-refractivity contribution >= 4 is 16.8 Å². The summed E-state index contributed by atoms with van der Waals surface area (Å²) in [5, 5.41) is 0. The van der Waals surface area contributed by atoms with Crippen LogP contribution < -0.4 is 0 Å². The zero-order valence-corrected chi connectivity index (χ0v) is 13.7. The van der Waals surface area contributed by atoms with Gasteiger partial charge in [-0.3, -0.25) is 4.79 Å². The summed E-state index contributed by atoms with van der Waals surface area (Å²) in [5.41, 5.74) is 3.83. The first-order valence-electron chi connectivity index (χ1n) is 8.38. The number of carbonyl (C=O) groups excluding carboxylic acids is 1. The van der Waals surface area contributed by atoms with Gasteiger partial charge in [0.1, 0.15) is 0 Å². The van der Waals surface area contributed by atoms with Gasteiger partial charge in [0.15, 0.2) is 5.78 Å². The van der Waals surface area contributed by atoms with Crippen molar-refractivity contribution in [2.24, 2.45) is 0 Å². The van der Waals surface area contributed by atoms with Gasteiger partial charge >= 0.3 is 0 Å². The maximum Gasteiger partial charge on any atom is 0.165 e. The molecule has 0 radical (unpaired) electrons. The molecule has 1 atom stereocenters. The lowest BCUT2D eigenvalue weighted by atomic mass is 9.97. The summed E-state index contributed by atoms with van der Waals surface area (Å²) < 4.78 is 2.10. The molecule has 4 aromatic rings. The average molecular weight is 326 g/mol. The first kappa shape index (κ1) is 15.3. The lowest BCUT2D eigenvalue weighted by Crippen LogP contribution is -2.15. The average Bonchev–Trinajstić information content (AvgIpc) is 3.11. The zero-order valence-electron chi connectivity index (χ0n) is 13.7. The number of carbonyl (C=O) groups is 1. The molecular weight excluding hydrogens is 308 g/mol. The lowest BCUT2D eigenvalue weighted by Gasteiger charge is -2.19. The third-order valence-corrected chi connectivity index (χ3v) is 4.48. The number of rotatable bonds is 5. The SMILES string of the molecule is O=C(CC(c1ccccc1)n1cnc2ccccc21)c1ccccc1. The summed E-state index contributed by atoms with van der Waals surface area (Å²) in [7, 11) is 0. The maximum atomic E-state index is 12.8. The van der Waals surface area contributed by atoms with Crippen LogP contribution in [0.4, 0.5) is 0 Å². The van der Waals surface area contributed by atoms with E-state index in [1.54, 1.807) is 0 Å². The molecule has 0 bridgehead atoms. The minimum atomic E-state index is -0.0821. The van der Waals surface area contributed by atoms with Gasteiger partial charge in [-0.25, -0.2) is 4.98 Å². The Kier molecular flexibility index (Phi) is 4.13. The molecular formula is C22H18N2O. The predicted octanol–water partition coefficient (Wildman–Crippen LogP) is 4.90. The first-order valence-corrected chi connectivity index (χ1v) is 8.38. The number of hydrogen-bond donors (Lipinski definition) is 0. The van der Waals surface area contributed by atoms with Gasteiger partial charge in [-0.05, 0) is 17.7 Å². The third kappa shape index (κ3) is 3.09. The van der Waals surface area contributed by atoms with Gasteiger partial charge in [-0.2, -0.15) is 0 Å². The summed E-state index contributed by atoms with van der Waals surface area (Å²) in [6, 6.07) is 27.5. The molecule has 0 amide bonds. The number of hydrogen-bond acceptors (Lipinski definition) is 2. The molecule has 25 heavy (non-hydrogen) atoms. The highest BCUT2D eigenvalue weighted by molar-refractivity contribution is 5.96. The van der Waals surface area contributed by atoms with Crippen LogP contribution in [0.5, 0.6) is 0 Å². The second-order valence-electron chi connectivity index (χ2n) is 6.06. The van der Waals surface area contributed by atoms with E-state index in [1.165, 1.54) is 0 Å². The molecule has 3 heteroatoms. The Balaban J connectivity index is 1.76. The second-order valence-corrected chi connectivity index (χ2v) is 6.06. The van der Waals surface area contributed by atoms with Crippen molar-refractivity contribution < 1.29 is 4.79 Å². The minimum absolute atomic E-state index is 0.0821. The molecule has 0 aliphatic carbocycles. The van der Waals surface area contributed by atoms with Crippen molar-refractivity contribution in [3.8, 4) is 0 Å². The van der Waals surface area contributed by atoms with Crippen molar-refractivity contribution in [3.63, 3.8) is 0 Å². The van der Waals surface area contributed by atoms with Gasteiger partial charge in [0, 0.05) is 12.0 Å². The van der Waals surface area contributed by atoms with Crippen molar-refractivity contribution in [3.05, 3.63) is 102 Å². The van der Waals surface area contributed by atoms with Crippen molar-refractivity contribution in [1.82, 2.24) is 9.55 Å². The van der Waals surface area contributed by atoms with Crippen LogP contribution in [0.3, 0.4) is 0 Å². The first-order chi connectivity index (χ1) is 12.3. The number of fused-ring (bicyclic) bond motifs is 1. The van der Waals surface area contributed by atoms with Crippen molar-refractivity contribution in [2.75, 3.05) is 0 Å². The molecule has 1 heterocycles. The Bertz CT molecular complexity index is 990. The lowest BCUT2D eigenvalue weighted by molar-refractivity contribution is 0.0970. The number of Topliss-reactive ketones (excluding diaryl/α,β-unsaturated/α-hetero) is 1. The molecule has 0 spiro atoms. The van der Waals surface area contributed by atoms with E-state index < -0.39 is 0 Å². The summed E-state index contributed by atoms with van der Waals surface area (Å²) in [5.74, 6) is 0.132. The number of imidazole rings is 1. The summed E-state index contributed by atoms with van der Waals surface area (Å²) in [6.07, 6.45) is 2.23. The van der Waals surface area contributed by atoms with E-state index in [-0.39, 0.29) is 11.8 Å². The highest BCUT2D eigenvalue weighted by Crippen LogP contribution is 2.27. The fourth-order valence-corrected chi connectivity index (χ4v) is 3.20. The van der Waals surface area contributed by atoms with Crippen LogP contribution in [0.2, 0.25) is 0 Å². The second kappa shape index (κ2) is 6.73. The molecule has 122 valence electrons. The Morgan fingerprint density at radius 2 is 1.48 bits per heavy atom. The van der Waals surface area contributed by atoms with E-state index in [2.05, 4.69) is 21.7 Å². The predicted molar refractivity (Wildman–Crippen MR) is 99.7 cm³/mol. The van der Waals surface area contributed by atoms with Crippen LogP contribution in [0.1, 0.15) is 28.4 Å². The van der Waals surface area contributed by atoms with E-state index in [0.29, 0.717) is 6.42 Å². The molecule has 4 rings (SSSR count). The van der Waals surface area contributed by atoms with Crippen LogP contribution in [0, 0.1) is 0 Å². The van der Waals surface area contributed by atoms with Crippen LogP contribution >= 0.6 is 0 Å². The van der Waals surface area contributed by atoms with E-state index >= 15 is 0 Å². The molecule has 0 saturated heterocycles. The van der Waals surface area contributed by atoms with Gasteiger partial charge in [0.2, 0.25) is 0 Å². The highest BCUT2D eigenvalue weighted by atomic mass is 16.1. The number of nitrogens with zero attached hydrogens (tertiary/aromatic N) is 2. The highest BCUT2D eigenvalue weighted by Gasteiger charge is 2.20. The molecule has 1 unspecified atom stereocenters. The zero-order chi connectivity index (χ0) is 17.1. The standard InChI is InChI=1S/C22H18N2O/c25-22(18-11-5-2-6-12-18)15-21(17-9-3-1-4-10-17)24-16-23-19-13-7-8-14-20(19)24/h1-14,16,21H,15H2. The fraction of sp³-hybridized carbons (Fsp3) is 0.0909.